The van der Waals surface area contributed by atoms with Crippen molar-refractivity contribution in [1.29, 1.82) is 0 Å². The van der Waals surface area contributed by atoms with Crippen LogP contribution in [0.5, 0.6) is 0 Å². The molecule has 2 fully saturated rings. The molecule has 2 aliphatic rings. The molecule has 0 aliphatic carbocycles. The van der Waals surface area contributed by atoms with Gasteiger partial charge in [-0.2, -0.15) is 0 Å². The highest BCUT2D eigenvalue weighted by molar-refractivity contribution is 5.81. The van der Waals surface area contributed by atoms with E-state index in [4.69, 9.17) is 15.2 Å². The van der Waals surface area contributed by atoms with Crippen molar-refractivity contribution in [1.82, 2.24) is 15.1 Å². The van der Waals surface area contributed by atoms with Crippen LogP contribution < -0.4 is 11.1 Å². The molecule has 0 aromatic rings. The van der Waals surface area contributed by atoms with Crippen LogP contribution in [0.15, 0.2) is 16.9 Å². The summed E-state index contributed by atoms with van der Waals surface area (Å²) >= 11 is 0. The van der Waals surface area contributed by atoms with Crippen molar-refractivity contribution in [3.8, 4) is 0 Å². The number of hydrogen-bond donors (Lipinski definition) is 2. The molecule has 0 unspecified atom stereocenters. The van der Waals surface area contributed by atoms with Gasteiger partial charge >= 0.3 is 0 Å². The summed E-state index contributed by atoms with van der Waals surface area (Å²) in [7, 11) is 1.77. The molecule has 0 radical (unpaired) electrons. The first-order valence-electron chi connectivity index (χ1n) is 7.12. The zero-order valence-corrected chi connectivity index (χ0v) is 12.2. The average molecular weight is 283 g/mol. The predicted molar refractivity (Wildman–Crippen MR) is 78.4 cm³/mol. The van der Waals surface area contributed by atoms with Gasteiger partial charge in [-0.05, 0) is 6.08 Å². The van der Waals surface area contributed by atoms with Crippen LogP contribution in [0.1, 0.15) is 0 Å². The fraction of sp³-hybridized carbons (Fsp3) is 0.769. The summed E-state index contributed by atoms with van der Waals surface area (Å²) < 4.78 is 10.7. The Bertz CT molecular complexity index is 347. The number of nitrogens with one attached hydrogen (secondary N) is 1. The monoisotopic (exact) mass is 283 g/mol. The molecule has 2 rings (SSSR count). The van der Waals surface area contributed by atoms with Crippen LogP contribution >= 0.6 is 0 Å². The minimum Gasteiger partial charge on any atom is -0.385 e. The second-order valence-corrected chi connectivity index (χ2v) is 4.84. The number of aliphatic imine (C=N–C) groups is 1. The van der Waals surface area contributed by atoms with Crippen LogP contribution in [0.4, 0.5) is 0 Å². The number of nitrogens with zero attached hydrogens (tertiary/aromatic N) is 3. The quantitative estimate of drug-likeness (QED) is 0.512. The van der Waals surface area contributed by atoms with Gasteiger partial charge in [0.05, 0.1) is 32.2 Å². The van der Waals surface area contributed by atoms with Crippen molar-refractivity contribution in [3.63, 3.8) is 0 Å². The highest BCUT2D eigenvalue weighted by atomic mass is 16.5. The number of nitrogens with two attached hydrogens (primary N) is 1. The summed E-state index contributed by atoms with van der Waals surface area (Å²) in [5.41, 5.74) is 6.03. The number of ether oxygens (including phenoxy) is 2. The maximum absolute atomic E-state index is 6.03. The first-order valence-corrected chi connectivity index (χ1v) is 7.12. The van der Waals surface area contributed by atoms with Crippen LogP contribution in [-0.2, 0) is 9.47 Å². The van der Waals surface area contributed by atoms with Crippen LogP contribution in [-0.4, -0.2) is 82.0 Å². The van der Waals surface area contributed by atoms with Gasteiger partial charge in [0.25, 0.3) is 0 Å². The summed E-state index contributed by atoms with van der Waals surface area (Å²) in [6.45, 7) is 7.52. The standard InChI is InChI=1S/C13H25N5O2/c1-15-13(18-6-10-20-11-7-18)16-12(14)2-3-17-4-8-19-9-5-17/h2H,3-11,14H2,1H3,(H,15,16)/b12-2-. The second kappa shape index (κ2) is 8.08. The summed E-state index contributed by atoms with van der Waals surface area (Å²) in [5, 5.41) is 3.18. The molecule has 2 heterocycles. The Balaban J connectivity index is 1.80. The molecule has 3 N–H and O–H groups in total. The average Bonchev–Trinajstić information content (AvgIpc) is 2.52. The van der Waals surface area contributed by atoms with E-state index in [0.29, 0.717) is 5.82 Å². The van der Waals surface area contributed by atoms with Gasteiger partial charge in [-0.1, -0.05) is 0 Å². The zero-order valence-electron chi connectivity index (χ0n) is 12.2. The van der Waals surface area contributed by atoms with E-state index in [2.05, 4.69) is 20.1 Å². The Morgan fingerprint density at radius 3 is 2.35 bits per heavy atom. The van der Waals surface area contributed by atoms with Crippen molar-refractivity contribution < 1.29 is 9.47 Å². The fourth-order valence-electron chi connectivity index (χ4n) is 2.24. The summed E-state index contributed by atoms with van der Waals surface area (Å²) in [4.78, 5) is 8.73. The van der Waals surface area contributed by atoms with Gasteiger partial charge in [-0.15, -0.1) is 0 Å². The van der Waals surface area contributed by atoms with Crippen LogP contribution in [0.2, 0.25) is 0 Å². The lowest BCUT2D eigenvalue weighted by Crippen LogP contribution is -2.48. The number of hydrogen-bond acceptors (Lipinski definition) is 5. The van der Waals surface area contributed by atoms with Gasteiger partial charge < -0.3 is 25.4 Å². The van der Waals surface area contributed by atoms with Gasteiger partial charge in [0.15, 0.2) is 5.96 Å². The maximum atomic E-state index is 6.03. The van der Waals surface area contributed by atoms with E-state index in [0.717, 1.165) is 65.1 Å². The second-order valence-electron chi connectivity index (χ2n) is 4.84. The molecule has 0 aromatic carbocycles. The Morgan fingerprint density at radius 2 is 1.75 bits per heavy atom. The Kier molecular flexibility index (Phi) is 6.10. The third-order valence-electron chi connectivity index (χ3n) is 3.45. The van der Waals surface area contributed by atoms with Gasteiger partial charge in [0.2, 0.25) is 0 Å². The largest absolute Gasteiger partial charge is 0.385 e. The van der Waals surface area contributed by atoms with E-state index in [1.807, 2.05) is 6.08 Å². The molecule has 0 atom stereocenters. The van der Waals surface area contributed by atoms with Crippen molar-refractivity contribution in [2.75, 3.05) is 66.2 Å². The summed E-state index contributed by atoms with van der Waals surface area (Å²) in [5.74, 6) is 1.45. The topological polar surface area (TPSA) is 75.3 Å². The molecule has 0 amide bonds. The molecular weight excluding hydrogens is 258 g/mol. The van der Waals surface area contributed by atoms with Crippen molar-refractivity contribution in [2.45, 2.75) is 0 Å². The predicted octanol–water partition coefficient (Wildman–Crippen LogP) is -0.974. The highest BCUT2D eigenvalue weighted by Crippen LogP contribution is 1.99. The SMILES string of the molecule is CN=C(N/C(N)=C\CN1CCOCC1)N1CCOCC1. The first kappa shape index (κ1) is 15.1. The van der Waals surface area contributed by atoms with E-state index in [1.165, 1.54) is 0 Å². The third-order valence-corrected chi connectivity index (χ3v) is 3.45. The van der Waals surface area contributed by atoms with E-state index < -0.39 is 0 Å². The van der Waals surface area contributed by atoms with E-state index in [9.17, 15) is 0 Å². The molecule has 20 heavy (non-hydrogen) atoms. The van der Waals surface area contributed by atoms with Crippen molar-refractivity contribution >= 4 is 5.96 Å². The minimum atomic E-state index is 0.642. The van der Waals surface area contributed by atoms with E-state index >= 15 is 0 Å². The molecule has 7 nitrogen and oxygen atoms in total. The first-order chi connectivity index (χ1) is 9.79. The molecule has 2 aliphatic heterocycles. The lowest BCUT2D eigenvalue weighted by Gasteiger charge is -2.30. The molecule has 114 valence electrons. The van der Waals surface area contributed by atoms with Crippen molar-refractivity contribution in [2.24, 2.45) is 10.7 Å². The normalized spacial score (nSPS) is 22.9. The molecule has 0 saturated carbocycles. The highest BCUT2D eigenvalue weighted by Gasteiger charge is 2.15. The van der Waals surface area contributed by atoms with Gasteiger partial charge in [-0.25, -0.2) is 0 Å². The van der Waals surface area contributed by atoms with Crippen LogP contribution in [0.3, 0.4) is 0 Å². The Morgan fingerprint density at radius 1 is 1.15 bits per heavy atom. The van der Waals surface area contributed by atoms with Gasteiger partial charge in [0, 0.05) is 39.8 Å². The van der Waals surface area contributed by atoms with E-state index in [1.54, 1.807) is 7.05 Å². The number of morpholine rings is 2. The molecular formula is C13H25N5O2. The number of guanidine groups is 1. The van der Waals surface area contributed by atoms with Gasteiger partial charge in [-0.3, -0.25) is 9.89 Å². The maximum Gasteiger partial charge on any atom is 0.199 e. The summed E-state index contributed by atoms with van der Waals surface area (Å²) in [6.07, 6.45) is 2.00. The Labute approximate surface area is 120 Å². The fourth-order valence-corrected chi connectivity index (χ4v) is 2.24. The van der Waals surface area contributed by atoms with Crippen LogP contribution in [0, 0.1) is 0 Å². The molecule has 0 bridgehead atoms. The lowest BCUT2D eigenvalue weighted by molar-refractivity contribution is 0.0433. The molecule has 0 spiro atoms. The molecule has 0 aromatic heterocycles. The van der Waals surface area contributed by atoms with Gasteiger partial charge in [0.1, 0.15) is 0 Å². The smallest absolute Gasteiger partial charge is 0.199 e. The molecule has 7 heteroatoms. The number of rotatable bonds is 3. The lowest BCUT2D eigenvalue weighted by atomic mass is 10.4. The third kappa shape index (κ3) is 4.66. The van der Waals surface area contributed by atoms with Crippen molar-refractivity contribution in [3.05, 3.63) is 11.9 Å². The molecule has 2 saturated heterocycles. The minimum absolute atomic E-state index is 0.642. The van der Waals surface area contributed by atoms with Crippen LogP contribution in [0.25, 0.3) is 0 Å². The van der Waals surface area contributed by atoms with E-state index in [-0.39, 0.29) is 0 Å². The summed E-state index contributed by atoms with van der Waals surface area (Å²) in [6, 6.07) is 0. The Hall–Kier alpha value is -1.31. The zero-order chi connectivity index (χ0) is 14.2.